The van der Waals surface area contributed by atoms with Gasteiger partial charge in [-0.05, 0) is 56.9 Å². The molecule has 7 nitrogen and oxygen atoms in total. The molecule has 0 spiro atoms. The first kappa shape index (κ1) is 22.5. The fourth-order valence-corrected chi connectivity index (χ4v) is 5.95. The van der Waals surface area contributed by atoms with Crippen LogP contribution in [-0.4, -0.2) is 45.5 Å². The zero-order chi connectivity index (χ0) is 22.7. The van der Waals surface area contributed by atoms with E-state index in [4.69, 9.17) is 0 Å². The Kier molecular flexibility index (Phi) is 6.95. The Morgan fingerprint density at radius 3 is 2.84 bits per heavy atom. The van der Waals surface area contributed by atoms with E-state index in [1.807, 2.05) is 13.8 Å². The highest BCUT2D eigenvalue weighted by atomic mass is 32.2. The monoisotopic (exact) mass is 470 g/mol. The van der Waals surface area contributed by atoms with E-state index in [2.05, 4.69) is 15.3 Å². The maximum absolute atomic E-state index is 12.5. The molecule has 2 aromatic heterocycles. The third-order valence-electron chi connectivity index (χ3n) is 5.54. The number of nitrogens with zero attached hydrogens (tertiary/aromatic N) is 2. The molecule has 2 heterocycles. The molecule has 0 aliphatic heterocycles. The Hall–Kier alpha value is -2.65. The molecule has 2 N–H and O–H groups in total. The number of aromatic nitrogens is 2. The number of benzene rings is 1. The summed E-state index contributed by atoms with van der Waals surface area (Å²) in [5.74, 6) is 1.04. The average Bonchev–Trinajstić information content (AvgIpc) is 3.35. The average molecular weight is 471 g/mol. The lowest BCUT2D eigenvalue weighted by Crippen LogP contribution is -2.30. The van der Waals surface area contributed by atoms with Gasteiger partial charge < -0.3 is 15.2 Å². The van der Waals surface area contributed by atoms with Crippen molar-refractivity contribution in [2.24, 2.45) is 0 Å². The standard InChI is InChI=1S/C23H26N4O3S2/c1-3-27(4-2)23(30)14-7-5-8-15(11-14)24-19(28)13-31-12-18-25-21(29)20-16-9-6-10-17(16)32-22(20)26-18/h5,7-8,11H,3-4,6,9-10,12-13H2,1-2H3,(H,24,28)(H,25,26,29). The number of carbonyl (C=O) groups is 2. The number of nitrogens with one attached hydrogen (secondary N) is 2. The largest absolute Gasteiger partial charge is 0.339 e. The van der Waals surface area contributed by atoms with Gasteiger partial charge in [-0.1, -0.05) is 6.07 Å². The summed E-state index contributed by atoms with van der Waals surface area (Å²) in [6.07, 6.45) is 3.09. The highest BCUT2D eigenvalue weighted by Gasteiger charge is 2.21. The van der Waals surface area contributed by atoms with Crippen LogP contribution in [0.5, 0.6) is 0 Å². The number of hydrogen-bond acceptors (Lipinski definition) is 6. The number of thiophene rings is 1. The van der Waals surface area contributed by atoms with Crippen LogP contribution in [0.15, 0.2) is 29.1 Å². The summed E-state index contributed by atoms with van der Waals surface area (Å²) in [5, 5.41) is 3.59. The van der Waals surface area contributed by atoms with Crippen LogP contribution in [0.4, 0.5) is 5.69 Å². The van der Waals surface area contributed by atoms with Crippen molar-refractivity contribution in [2.75, 3.05) is 24.2 Å². The van der Waals surface area contributed by atoms with E-state index in [0.717, 1.165) is 29.5 Å². The van der Waals surface area contributed by atoms with Crippen molar-refractivity contribution in [1.29, 1.82) is 0 Å². The first-order valence-corrected chi connectivity index (χ1v) is 12.8. The molecule has 0 fully saturated rings. The maximum atomic E-state index is 12.5. The fraction of sp³-hybridized carbons (Fsp3) is 0.391. The van der Waals surface area contributed by atoms with Crippen LogP contribution in [0.3, 0.4) is 0 Å². The van der Waals surface area contributed by atoms with Gasteiger partial charge in [0, 0.05) is 29.2 Å². The summed E-state index contributed by atoms with van der Waals surface area (Å²) < 4.78 is 0. The molecule has 2 amide bonds. The van der Waals surface area contributed by atoms with Crippen molar-refractivity contribution in [3.8, 4) is 0 Å². The van der Waals surface area contributed by atoms with Crippen LogP contribution in [0.25, 0.3) is 10.2 Å². The summed E-state index contributed by atoms with van der Waals surface area (Å²) in [4.78, 5) is 48.7. The third kappa shape index (κ3) is 4.73. The molecule has 0 bridgehead atoms. The number of aryl methyl sites for hydroxylation is 2. The number of aromatic amines is 1. The third-order valence-corrected chi connectivity index (χ3v) is 7.67. The zero-order valence-corrected chi connectivity index (χ0v) is 19.8. The van der Waals surface area contributed by atoms with Gasteiger partial charge in [0.25, 0.3) is 11.5 Å². The van der Waals surface area contributed by atoms with E-state index < -0.39 is 0 Å². The molecule has 3 aromatic rings. The molecule has 32 heavy (non-hydrogen) atoms. The second-order valence-corrected chi connectivity index (χ2v) is 9.72. The molecule has 1 aromatic carbocycles. The lowest BCUT2D eigenvalue weighted by Gasteiger charge is -2.19. The van der Waals surface area contributed by atoms with E-state index in [-0.39, 0.29) is 23.1 Å². The maximum Gasteiger partial charge on any atom is 0.259 e. The van der Waals surface area contributed by atoms with Gasteiger partial charge in [-0.2, -0.15) is 0 Å². The normalized spacial score (nSPS) is 12.7. The van der Waals surface area contributed by atoms with Crippen LogP contribution in [0.2, 0.25) is 0 Å². The molecule has 0 saturated heterocycles. The van der Waals surface area contributed by atoms with E-state index in [1.54, 1.807) is 40.5 Å². The molecule has 1 aliphatic rings. The van der Waals surface area contributed by atoms with Gasteiger partial charge in [-0.3, -0.25) is 14.4 Å². The first-order chi connectivity index (χ1) is 15.5. The van der Waals surface area contributed by atoms with Crippen LogP contribution in [0.1, 0.15) is 46.9 Å². The minimum absolute atomic E-state index is 0.0505. The first-order valence-electron chi connectivity index (χ1n) is 10.8. The van der Waals surface area contributed by atoms with Gasteiger partial charge in [0.2, 0.25) is 5.91 Å². The van der Waals surface area contributed by atoms with Gasteiger partial charge in [0.15, 0.2) is 0 Å². The van der Waals surface area contributed by atoms with Gasteiger partial charge in [0.05, 0.1) is 16.9 Å². The SMILES string of the molecule is CCN(CC)C(=O)c1cccc(NC(=O)CSCc2nc3sc4c(c3c(=O)[nH]2)CCC4)c1. The Morgan fingerprint density at radius 2 is 2.06 bits per heavy atom. The lowest BCUT2D eigenvalue weighted by molar-refractivity contribution is -0.113. The Morgan fingerprint density at radius 1 is 1.25 bits per heavy atom. The lowest BCUT2D eigenvalue weighted by atomic mass is 10.1. The molecule has 0 saturated carbocycles. The minimum Gasteiger partial charge on any atom is -0.339 e. The molecular formula is C23H26N4O3S2. The highest BCUT2D eigenvalue weighted by Crippen LogP contribution is 2.34. The second-order valence-electron chi connectivity index (χ2n) is 7.65. The smallest absolute Gasteiger partial charge is 0.259 e. The van der Waals surface area contributed by atoms with Crippen molar-refractivity contribution in [3.05, 3.63) is 56.4 Å². The Bertz CT molecular complexity index is 1210. The summed E-state index contributed by atoms with van der Waals surface area (Å²) in [5.41, 5.74) is 2.23. The van der Waals surface area contributed by atoms with Crippen LogP contribution < -0.4 is 10.9 Å². The number of carbonyl (C=O) groups excluding carboxylic acids is 2. The van der Waals surface area contributed by atoms with E-state index in [1.165, 1.54) is 22.2 Å². The second kappa shape index (κ2) is 9.87. The Labute approximate surface area is 194 Å². The molecular weight excluding hydrogens is 444 g/mol. The van der Waals surface area contributed by atoms with Crippen molar-refractivity contribution in [2.45, 2.75) is 38.9 Å². The van der Waals surface area contributed by atoms with E-state index in [9.17, 15) is 14.4 Å². The predicted molar refractivity (Wildman–Crippen MR) is 131 cm³/mol. The van der Waals surface area contributed by atoms with Gasteiger partial charge >= 0.3 is 0 Å². The minimum atomic E-state index is -0.166. The van der Waals surface area contributed by atoms with E-state index >= 15 is 0 Å². The molecule has 0 radical (unpaired) electrons. The molecule has 4 rings (SSSR count). The van der Waals surface area contributed by atoms with Crippen LogP contribution in [0, 0.1) is 0 Å². The number of rotatable bonds is 8. The topological polar surface area (TPSA) is 95.2 Å². The number of H-pyrrole nitrogens is 1. The van der Waals surface area contributed by atoms with Gasteiger partial charge in [-0.25, -0.2) is 4.98 Å². The van der Waals surface area contributed by atoms with E-state index in [0.29, 0.717) is 35.9 Å². The predicted octanol–water partition coefficient (Wildman–Crippen LogP) is 3.83. The molecule has 9 heteroatoms. The number of anilines is 1. The quantitative estimate of drug-likeness (QED) is 0.522. The van der Waals surface area contributed by atoms with Crippen molar-refractivity contribution < 1.29 is 9.59 Å². The summed E-state index contributed by atoms with van der Waals surface area (Å²) in [6.45, 7) is 5.15. The van der Waals surface area contributed by atoms with Crippen LogP contribution >= 0.6 is 23.1 Å². The van der Waals surface area contributed by atoms with Crippen LogP contribution in [-0.2, 0) is 23.4 Å². The number of hydrogen-bond donors (Lipinski definition) is 2. The van der Waals surface area contributed by atoms with Crippen molar-refractivity contribution >= 4 is 50.8 Å². The summed E-state index contributed by atoms with van der Waals surface area (Å²) in [6, 6.07) is 6.99. The highest BCUT2D eigenvalue weighted by molar-refractivity contribution is 7.99. The fourth-order valence-electron chi connectivity index (χ4n) is 3.98. The van der Waals surface area contributed by atoms with Crippen molar-refractivity contribution in [1.82, 2.24) is 14.9 Å². The molecule has 1 aliphatic carbocycles. The molecule has 0 unspecified atom stereocenters. The Balaban J connectivity index is 1.34. The zero-order valence-electron chi connectivity index (χ0n) is 18.2. The molecule has 0 atom stereocenters. The van der Waals surface area contributed by atoms with Gasteiger partial charge in [-0.15, -0.1) is 23.1 Å². The number of thioether (sulfide) groups is 1. The number of fused-ring (bicyclic) bond motifs is 3. The van der Waals surface area contributed by atoms with Crippen molar-refractivity contribution in [3.63, 3.8) is 0 Å². The summed E-state index contributed by atoms with van der Waals surface area (Å²) >= 11 is 3.00. The van der Waals surface area contributed by atoms with Gasteiger partial charge in [0.1, 0.15) is 10.7 Å². The summed E-state index contributed by atoms with van der Waals surface area (Å²) in [7, 11) is 0. The molecule has 168 valence electrons. The number of amides is 2.